The van der Waals surface area contributed by atoms with Crippen molar-refractivity contribution in [3.63, 3.8) is 0 Å². The molecular weight excluding hydrogens is 188 g/mol. The minimum Gasteiger partial charge on any atom is -0.326 e. The molecule has 0 saturated heterocycles. The Bertz CT molecular complexity index is 382. The van der Waals surface area contributed by atoms with E-state index in [1.807, 2.05) is 0 Å². The maximum Gasteiger partial charge on any atom is 0.265 e. The average molecular weight is 197 g/mol. The Hall–Kier alpha value is -1.54. The summed E-state index contributed by atoms with van der Waals surface area (Å²) in [5.74, 6) is 0. The van der Waals surface area contributed by atoms with Crippen molar-refractivity contribution < 1.29 is 8.78 Å². The quantitative estimate of drug-likeness (QED) is 0.784. The standard InChI is InChI=1S/C9H9F2N3/c1-5-7(3-13)8(9(10)11)6(2-12)4-14-5/h4,9H,2,12H2,1H3. The summed E-state index contributed by atoms with van der Waals surface area (Å²) in [5.41, 5.74) is 5.45. The lowest BCUT2D eigenvalue weighted by Crippen LogP contribution is -2.07. The van der Waals surface area contributed by atoms with Gasteiger partial charge in [0.15, 0.2) is 0 Å². The molecule has 0 radical (unpaired) electrons. The van der Waals surface area contributed by atoms with Crippen LogP contribution in [-0.4, -0.2) is 4.98 Å². The Morgan fingerprint density at radius 2 is 2.29 bits per heavy atom. The number of aryl methyl sites for hydroxylation is 1. The number of aromatic nitrogens is 1. The van der Waals surface area contributed by atoms with Crippen molar-refractivity contribution >= 4 is 0 Å². The third-order valence-electron chi connectivity index (χ3n) is 1.94. The fourth-order valence-electron chi connectivity index (χ4n) is 1.22. The third kappa shape index (κ3) is 1.70. The lowest BCUT2D eigenvalue weighted by molar-refractivity contribution is 0.149. The van der Waals surface area contributed by atoms with Crippen molar-refractivity contribution in [2.24, 2.45) is 5.73 Å². The van der Waals surface area contributed by atoms with Crippen molar-refractivity contribution in [3.8, 4) is 6.07 Å². The van der Waals surface area contributed by atoms with Gasteiger partial charge in [0.2, 0.25) is 0 Å². The summed E-state index contributed by atoms with van der Waals surface area (Å²) < 4.78 is 25.2. The van der Waals surface area contributed by atoms with Crippen LogP contribution in [0.15, 0.2) is 6.20 Å². The SMILES string of the molecule is Cc1ncc(CN)c(C(F)F)c1C#N. The molecule has 14 heavy (non-hydrogen) atoms. The van der Waals surface area contributed by atoms with Gasteiger partial charge in [-0.3, -0.25) is 4.98 Å². The van der Waals surface area contributed by atoms with Crippen LogP contribution in [0.5, 0.6) is 0 Å². The maximum absolute atomic E-state index is 12.6. The molecule has 2 N–H and O–H groups in total. The second-order valence-electron chi connectivity index (χ2n) is 2.77. The molecule has 0 aromatic carbocycles. The molecule has 0 unspecified atom stereocenters. The van der Waals surface area contributed by atoms with Gasteiger partial charge < -0.3 is 5.73 Å². The fraction of sp³-hybridized carbons (Fsp3) is 0.333. The van der Waals surface area contributed by atoms with E-state index in [-0.39, 0.29) is 23.2 Å². The number of nitriles is 1. The highest BCUT2D eigenvalue weighted by atomic mass is 19.3. The minimum absolute atomic E-state index is 0.0400. The normalized spacial score (nSPS) is 10.3. The minimum atomic E-state index is -2.69. The second kappa shape index (κ2) is 4.11. The molecule has 1 rings (SSSR count). The number of hydrogen-bond donors (Lipinski definition) is 1. The zero-order valence-electron chi connectivity index (χ0n) is 7.59. The summed E-state index contributed by atoms with van der Waals surface area (Å²) in [7, 11) is 0. The molecule has 0 amide bonds. The molecule has 0 atom stereocenters. The number of rotatable bonds is 2. The van der Waals surface area contributed by atoms with Gasteiger partial charge in [-0.1, -0.05) is 0 Å². The van der Waals surface area contributed by atoms with Crippen molar-refractivity contribution in [2.75, 3.05) is 0 Å². The molecular formula is C9H9F2N3. The van der Waals surface area contributed by atoms with Crippen LogP contribution in [0.3, 0.4) is 0 Å². The molecule has 0 aliphatic rings. The molecule has 0 fully saturated rings. The summed E-state index contributed by atoms with van der Waals surface area (Å²) in [6.45, 7) is 1.48. The van der Waals surface area contributed by atoms with Crippen molar-refractivity contribution in [3.05, 3.63) is 28.6 Å². The van der Waals surface area contributed by atoms with E-state index in [1.54, 1.807) is 6.07 Å². The van der Waals surface area contributed by atoms with Crippen LogP contribution in [0.4, 0.5) is 8.78 Å². The Morgan fingerprint density at radius 1 is 1.64 bits per heavy atom. The topological polar surface area (TPSA) is 62.7 Å². The van der Waals surface area contributed by atoms with Crippen LogP contribution in [-0.2, 0) is 6.54 Å². The van der Waals surface area contributed by atoms with Crippen LogP contribution < -0.4 is 5.73 Å². The summed E-state index contributed by atoms with van der Waals surface area (Å²) in [6, 6.07) is 1.72. The molecule has 5 heteroatoms. The van der Waals surface area contributed by atoms with E-state index in [9.17, 15) is 8.78 Å². The summed E-state index contributed by atoms with van der Waals surface area (Å²) in [5, 5.41) is 8.70. The van der Waals surface area contributed by atoms with Crippen molar-refractivity contribution in [1.82, 2.24) is 4.98 Å². The molecule has 74 valence electrons. The first-order chi connectivity index (χ1) is 6.61. The molecule has 0 aliphatic carbocycles. The third-order valence-corrected chi connectivity index (χ3v) is 1.94. The van der Waals surface area contributed by atoms with Gasteiger partial charge in [-0.05, 0) is 12.5 Å². The smallest absolute Gasteiger partial charge is 0.265 e. The Morgan fingerprint density at radius 3 is 2.71 bits per heavy atom. The van der Waals surface area contributed by atoms with Crippen LogP contribution >= 0.6 is 0 Å². The molecule has 1 aromatic rings. The highest BCUT2D eigenvalue weighted by Crippen LogP contribution is 2.27. The zero-order chi connectivity index (χ0) is 10.7. The van der Waals surface area contributed by atoms with Gasteiger partial charge in [0.1, 0.15) is 6.07 Å². The van der Waals surface area contributed by atoms with E-state index >= 15 is 0 Å². The summed E-state index contributed by atoms with van der Waals surface area (Å²) >= 11 is 0. The van der Waals surface area contributed by atoms with Gasteiger partial charge in [0.25, 0.3) is 6.43 Å². The van der Waals surface area contributed by atoms with Crippen LogP contribution in [0, 0.1) is 18.3 Å². The summed E-state index contributed by atoms with van der Waals surface area (Å²) in [4.78, 5) is 3.83. The first kappa shape index (κ1) is 10.5. The van der Waals surface area contributed by atoms with E-state index in [0.717, 1.165) is 0 Å². The second-order valence-corrected chi connectivity index (χ2v) is 2.77. The molecule has 1 aromatic heterocycles. The van der Waals surface area contributed by atoms with Gasteiger partial charge in [-0.25, -0.2) is 8.78 Å². The molecule has 1 heterocycles. The van der Waals surface area contributed by atoms with Gasteiger partial charge in [-0.2, -0.15) is 5.26 Å². The number of nitrogens with two attached hydrogens (primary N) is 1. The lowest BCUT2D eigenvalue weighted by Gasteiger charge is -2.09. The molecule has 0 aliphatic heterocycles. The molecule has 0 spiro atoms. The zero-order valence-corrected chi connectivity index (χ0v) is 7.59. The lowest BCUT2D eigenvalue weighted by atomic mass is 10.0. The van der Waals surface area contributed by atoms with Crippen LogP contribution in [0.25, 0.3) is 0 Å². The first-order valence-electron chi connectivity index (χ1n) is 3.98. The average Bonchev–Trinajstić information content (AvgIpc) is 2.17. The number of nitrogens with zero attached hydrogens (tertiary/aromatic N) is 2. The van der Waals surface area contributed by atoms with E-state index in [0.29, 0.717) is 5.69 Å². The predicted molar refractivity (Wildman–Crippen MR) is 46.5 cm³/mol. The van der Waals surface area contributed by atoms with Gasteiger partial charge in [0, 0.05) is 18.3 Å². The number of alkyl halides is 2. The molecule has 3 nitrogen and oxygen atoms in total. The van der Waals surface area contributed by atoms with Gasteiger partial charge >= 0.3 is 0 Å². The molecule has 0 saturated carbocycles. The Kier molecular flexibility index (Phi) is 3.10. The van der Waals surface area contributed by atoms with E-state index in [1.165, 1.54) is 13.1 Å². The van der Waals surface area contributed by atoms with Gasteiger partial charge in [-0.15, -0.1) is 0 Å². The largest absolute Gasteiger partial charge is 0.326 e. The Balaban J connectivity index is 3.46. The fourth-order valence-corrected chi connectivity index (χ4v) is 1.22. The number of halogens is 2. The number of pyridine rings is 1. The van der Waals surface area contributed by atoms with E-state index in [2.05, 4.69) is 4.98 Å². The van der Waals surface area contributed by atoms with E-state index in [4.69, 9.17) is 11.0 Å². The monoisotopic (exact) mass is 197 g/mol. The maximum atomic E-state index is 12.6. The van der Waals surface area contributed by atoms with E-state index < -0.39 is 6.43 Å². The van der Waals surface area contributed by atoms with Crippen molar-refractivity contribution in [1.29, 1.82) is 5.26 Å². The Labute approximate surface area is 80.2 Å². The van der Waals surface area contributed by atoms with Crippen LogP contribution in [0.1, 0.15) is 28.8 Å². The highest BCUT2D eigenvalue weighted by molar-refractivity contribution is 5.45. The predicted octanol–water partition coefficient (Wildman–Crippen LogP) is 1.66. The molecule has 0 bridgehead atoms. The van der Waals surface area contributed by atoms with Crippen molar-refractivity contribution in [2.45, 2.75) is 19.9 Å². The first-order valence-corrected chi connectivity index (χ1v) is 3.98. The van der Waals surface area contributed by atoms with Crippen LogP contribution in [0.2, 0.25) is 0 Å². The number of hydrogen-bond acceptors (Lipinski definition) is 3. The highest BCUT2D eigenvalue weighted by Gasteiger charge is 2.19. The summed E-state index contributed by atoms with van der Waals surface area (Å²) in [6.07, 6.45) is -1.40. The van der Waals surface area contributed by atoms with Gasteiger partial charge in [0.05, 0.1) is 11.3 Å².